The summed E-state index contributed by atoms with van der Waals surface area (Å²) in [6.45, 7) is 9.94. The van der Waals surface area contributed by atoms with Crippen molar-refractivity contribution < 1.29 is 28.5 Å². The molecule has 1 N–H and O–H groups in total. The summed E-state index contributed by atoms with van der Waals surface area (Å²) in [6, 6.07) is 8.10. The van der Waals surface area contributed by atoms with Gasteiger partial charge in [-0.2, -0.15) is 0 Å². The zero-order valence-corrected chi connectivity index (χ0v) is 22.3. The Morgan fingerprint density at radius 1 is 1.22 bits per heavy atom. The molecule has 1 aromatic carbocycles. The van der Waals surface area contributed by atoms with Crippen molar-refractivity contribution in [3.8, 4) is 5.75 Å². The van der Waals surface area contributed by atoms with Crippen molar-refractivity contribution in [2.45, 2.75) is 102 Å². The Morgan fingerprint density at radius 2 is 2.03 bits per heavy atom. The van der Waals surface area contributed by atoms with Gasteiger partial charge in [-0.1, -0.05) is 12.1 Å². The zero-order valence-electron chi connectivity index (χ0n) is 22.3. The van der Waals surface area contributed by atoms with Crippen molar-refractivity contribution in [2.75, 3.05) is 13.7 Å². The first kappa shape index (κ1) is 26.6. The number of carbonyl (C=O) groups excluding carboxylic acids is 1. The van der Waals surface area contributed by atoms with Crippen LogP contribution in [0.4, 0.5) is 4.79 Å². The van der Waals surface area contributed by atoms with Gasteiger partial charge in [0.15, 0.2) is 5.79 Å². The maximum atomic E-state index is 12.5. The molecule has 2 saturated heterocycles. The number of alkyl carbamates (subject to hydrolysis) is 1. The summed E-state index contributed by atoms with van der Waals surface area (Å²) in [5, 5.41) is 4.15. The Bertz CT molecular complexity index is 1050. The number of rotatable bonds is 7. The number of nitrogens with zero attached hydrogens (tertiary/aromatic N) is 1. The lowest BCUT2D eigenvalue weighted by Gasteiger charge is -2.38. The molecule has 2 aliphatic rings. The number of aryl methyl sites for hydroxylation is 1. The molecule has 4 atom stereocenters. The highest BCUT2D eigenvalue weighted by molar-refractivity contribution is 5.83. The number of ether oxygens (including phenoxy) is 5. The quantitative estimate of drug-likeness (QED) is 0.562. The van der Waals surface area contributed by atoms with Crippen LogP contribution in [0.1, 0.15) is 65.9 Å². The molecule has 8 nitrogen and oxygen atoms in total. The molecule has 3 heterocycles. The molecule has 0 spiro atoms. The molecule has 1 aromatic heterocycles. The number of carbonyl (C=O) groups is 1. The van der Waals surface area contributed by atoms with Crippen molar-refractivity contribution in [1.29, 1.82) is 0 Å². The molecule has 8 heteroatoms. The third kappa shape index (κ3) is 7.08. The molecule has 0 bridgehead atoms. The van der Waals surface area contributed by atoms with E-state index in [0.29, 0.717) is 13.0 Å². The van der Waals surface area contributed by atoms with E-state index in [-0.39, 0.29) is 24.4 Å². The first-order valence-corrected chi connectivity index (χ1v) is 12.9. The van der Waals surface area contributed by atoms with Crippen LogP contribution in [0.2, 0.25) is 0 Å². The topological polar surface area (TPSA) is 88.1 Å². The number of fused-ring (bicyclic) bond motifs is 1. The molecule has 1 amide bonds. The number of hydrogen-bond donors (Lipinski definition) is 1. The minimum absolute atomic E-state index is 0.0795. The lowest BCUT2D eigenvalue weighted by atomic mass is 9.92. The predicted octanol–water partition coefficient (Wildman–Crippen LogP) is 5.16. The smallest absolute Gasteiger partial charge is 0.407 e. The summed E-state index contributed by atoms with van der Waals surface area (Å²) >= 11 is 0. The van der Waals surface area contributed by atoms with Crippen LogP contribution in [0.15, 0.2) is 30.5 Å². The van der Waals surface area contributed by atoms with Crippen molar-refractivity contribution in [1.82, 2.24) is 10.3 Å². The average Bonchev–Trinajstić information content (AvgIpc) is 3.15. The van der Waals surface area contributed by atoms with Gasteiger partial charge in [0.2, 0.25) is 0 Å². The van der Waals surface area contributed by atoms with Gasteiger partial charge in [0, 0.05) is 11.8 Å². The van der Waals surface area contributed by atoms with Crippen LogP contribution in [-0.4, -0.2) is 60.5 Å². The van der Waals surface area contributed by atoms with E-state index in [9.17, 15) is 4.79 Å². The molecule has 36 heavy (non-hydrogen) atoms. The second-order valence-corrected chi connectivity index (χ2v) is 11.2. The van der Waals surface area contributed by atoms with E-state index in [0.717, 1.165) is 42.3 Å². The van der Waals surface area contributed by atoms with E-state index < -0.39 is 17.5 Å². The van der Waals surface area contributed by atoms with Gasteiger partial charge in [-0.3, -0.25) is 4.98 Å². The Labute approximate surface area is 214 Å². The standard InChI is InChI=1S/C28H40N2O6/c1-27(2,3)36-26(31)30-24-13-12-19(34-25(24)15-21-17-33-28(4,5)35-21)11-10-18-8-7-9-23-22(18)14-20(32-6)16-29-23/h7-9,14,16,19,21,24-25H,10-13,15,17H2,1-6H3,(H,30,31)/t19-,21+,24+,25-/m0/s1. The van der Waals surface area contributed by atoms with E-state index in [1.165, 1.54) is 5.56 Å². The summed E-state index contributed by atoms with van der Waals surface area (Å²) in [5.41, 5.74) is 1.63. The lowest BCUT2D eigenvalue weighted by molar-refractivity contribution is -0.148. The van der Waals surface area contributed by atoms with Crippen molar-refractivity contribution in [3.05, 3.63) is 36.0 Å². The average molecular weight is 501 g/mol. The van der Waals surface area contributed by atoms with Gasteiger partial charge in [-0.25, -0.2) is 4.79 Å². The van der Waals surface area contributed by atoms with Gasteiger partial charge in [0.05, 0.1) is 49.8 Å². The van der Waals surface area contributed by atoms with Crippen LogP contribution >= 0.6 is 0 Å². The van der Waals surface area contributed by atoms with Gasteiger partial charge in [-0.15, -0.1) is 0 Å². The molecule has 0 radical (unpaired) electrons. The van der Waals surface area contributed by atoms with Crippen LogP contribution in [0.5, 0.6) is 5.75 Å². The molecule has 2 fully saturated rings. The molecule has 0 saturated carbocycles. The third-order valence-electron chi connectivity index (χ3n) is 6.64. The van der Waals surface area contributed by atoms with E-state index in [1.54, 1.807) is 13.3 Å². The summed E-state index contributed by atoms with van der Waals surface area (Å²) in [6.07, 6.45) is 5.20. The molecular weight excluding hydrogens is 460 g/mol. The molecular formula is C28H40N2O6. The van der Waals surface area contributed by atoms with Crippen molar-refractivity contribution in [2.24, 2.45) is 0 Å². The number of pyridine rings is 1. The van der Waals surface area contributed by atoms with Crippen LogP contribution in [0.3, 0.4) is 0 Å². The van der Waals surface area contributed by atoms with E-state index >= 15 is 0 Å². The van der Waals surface area contributed by atoms with E-state index in [2.05, 4.69) is 16.4 Å². The summed E-state index contributed by atoms with van der Waals surface area (Å²) in [4.78, 5) is 17.0. The first-order chi connectivity index (χ1) is 17.0. The van der Waals surface area contributed by atoms with Gasteiger partial charge in [-0.05, 0) is 78.0 Å². The minimum Gasteiger partial charge on any atom is -0.495 e. The number of hydrogen-bond acceptors (Lipinski definition) is 7. The monoisotopic (exact) mass is 500 g/mol. The van der Waals surface area contributed by atoms with E-state index in [4.69, 9.17) is 23.7 Å². The molecule has 2 aromatic rings. The summed E-state index contributed by atoms with van der Waals surface area (Å²) in [5.74, 6) is 0.151. The second kappa shape index (κ2) is 10.9. The molecule has 0 aliphatic carbocycles. The van der Waals surface area contributed by atoms with Crippen LogP contribution in [0, 0.1) is 0 Å². The Balaban J connectivity index is 1.42. The maximum absolute atomic E-state index is 12.5. The van der Waals surface area contributed by atoms with Crippen LogP contribution < -0.4 is 10.1 Å². The van der Waals surface area contributed by atoms with Crippen LogP contribution in [0.25, 0.3) is 10.9 Å². The normalized spacial score (nSPS) is 26.1. The highest BCUT2D eigenvalue weighted by atomic mass is 16.7. The lowest BCUT2D eigenvalue weighted by Crippen LogP contribution is -2.51. The fourth-order valence-corrected chi connectivity index (χ4v) is 4.99. The second-order valence-electron chi connectivity index (χ2n) is 11.2. The minimum atomic E-state index is -0.601. The van der Waals surface area contributed by atoms with Crippen molar-refractivity contribution in [3.63, 3.8) is 0 Å². The largest absolute Gasteiger partial charge is 0.495 e. The highest BCUT2D eigenvalue weighted by Gasteiger charge is 2.39. The van der Waals surface area contributed by atoms with Crippen molar-refractivity contribution >= 4 is 17.0 Å². The Kier molecular flexibility index (Phi) is 8.07. The van der Waals surface area contributed by atoms with Gasteiger partial charge < -0.3 is 29.0 Å². The highest BCUT2D eigenvalue weighted by Crippen LogP contribution is 2.32. The Hall–Kier alpha value is -2.42. The zero-order chi connectivity index (χ0) is 25.9. The summed E-state index contributed by atoms with van der Waals surface area (Å²) in [7, 11) is 1.66. The third-order valence-corrected chi connectivity index (χ3v) is 6.64. The number of aromatic nitrogens is 1. The predicted molar refractivity (Wildman–Crippen MR) is 137 cm³/mol. The molecule has 0 unspecified atom stereocenters. The van der Waals surface area contributed by atoms with Crippen LogP contribution in [-0.2, 0) is 25.4 Å². The number of benzene rings is 1. The molecule has 198 valence electrons. The molecule has 4 rings (SSSR count). The maximum Gasteiger partial charge on any atom is 0.407 e. The Morgan fingerprint density at radius 3 is 2.72 bits per heavy atom. The molecule has 2 aliphatic heterocycles. The fourth-order valence-electron chi connectivity index (χ4n) is 4.99. The van der Waals surface area contributed by atoms with Gasteiger partial charge in [0.25, 0.3) is 0 Å². The first-order valence-electron chi connectivity index (χ1n) is 12.9. The van der Waals surface area contributed by atoms with Gasteiger partial charge in [0.1, 0.15) is 11.4 Å². The number of nitrogens with one attached hydrogen (secondary N) is 1. The fraction of sp³-hybridized carbons (Fsp3) is 0.643. The number of amides is 1. The SMILES string of the molecule is COc1cnc2cccc(CC[C@H]3CC[C@@H](NC(=O)OC(C)(C)C)[C@H](C[C@@H]4COC(C)(C)O4)O3)c2c1. The number of methoxy groups -OCH3 is 1. The summed E-state index contributed by atoms with van der Waals surface area (Å²) < 4.78 is 29.3. The van der Waals surface area contributed by atoms with E-state index in [1.807, 2.05) is 52.8 Å². The van der Waals surface area contributed by atoms with Gasteiger partial charge >= 0.3 is 6.09 Å².